The highest BCUT2D eigenvalue weighted by atomic mass is 32.1. The normalized spacial score (nSPS) is 10.3. The maximum Gasteiger partial charge on any atom is 0.349 e. The molecule has 4 nitrogen and oxygen atoms in total. The van der Waals surface area contributed by atoms with Crippen molar-refractivity contribution in [2.45, 2.75) is 6.92 Å². The molecule has 2 aromatic rings. The summed E-state index contributed by atoms with van der Waals surface area (Å²) in [5.41, 5.74) is 8.50. The minimum Gasteiger partial charge on any atom is -0.477 e. The summed E-state index contributed by atoms with van der Waals surface area (Å²) >= 11 is 0.909. The van der Waals surface area contributed by atoms with Crippen LogP contribution >= 0.6 is 11.5 Å². The van der Waals surface area contributed by atoms with E-state index in [0.29, 0.717) is 5.69 Å². The molecule has 0 radical (unpaired) electrons. The van der Waals surface area contributed by atoms with Crippen LogP contribution in [0.5, 0.6) is 0 Å². The number of aromatic nitrogens is 1. The third-order valence-corrected chi connectivity index (χ3v) is 3.10. The Labute approximate surface area is 96.5 Å². The van der Waals surface area contributed by atoms with Gasteiger partial charge in [-0.05, 0) is 18.5 Å². The van der Waals surface area contributed by atoms with E-state index in [2.05, 4.69) is 4.37 Å². The lowest BCUT2D eigenvalue weighted by Gasteiger charge is -1.99. The minimum atomic E-state index is -1.03. The lowest BCUT2D eigenvalue weighted by atomic mass is 10.1. The van der Waals surface area contributed by atoms with Crippen molar-refractivity contribution in [1.29, 1.82) is 0 Å². The molecule has 1 heterocycles. The maximum atomic E-state index is 10.8. The van der Waals surface area contributed by atoms with E-state index in [1.54, 1.807) is 0 Å². The number of carboxylic acid groups (broad SMARTS) is 1. The summed E-state index contributed by atoms with van der Waals surface area (Å²) in [7, 11) is 0. The van der Waals surface area contributed by atoms with Crippen LogP contribution in [0.2, 0.25) is 0 Å². The van der Waals surface area contributed by atoms with Gasteiger partial charge in [0, 0.05) is 5.56 Å². The maximum absolute atomic E-state index is 10.8. The minimum absolute atomic E-state index is 0.0931. The topological polar surface area (TPSA) is 76.2 Å². The molecule has 0 atom stereocenters. The lowest BCUT2D eigenvalue weighted by Crippen LogP contribution is -1.98. The largest absolute Gasteiger partial charge is 0.477 e. The van der Waals surface area contributed by atoms with Crippen molar-refractivity contribution in [2.75, 3.05) is 5.73 Å². The lowest BCUT2D eigenvalue weighted by molar-refractivity contribution is 0.0703. The SMILES string of the molecule is Cc1ccc(-c2nsc(C(=O)O)c2N)cc1. The van der Waals surface area contributed by atoms with Crippen LogP contribution in [-0.4, -0.2) is 15.4 Å². The van der Waals surface area contributed by atoms with E-state index in [0.717, 1.165) is 22.7 Å². The summed E-state index contributed by atoms with van der Waals surface area (Å²) in [5, 5.41) is 8.86. The number of aryl methyl sites for hydroxylation is 1. The zero-order valence-electron chi connectivity index (χ0n) is 8.60. The quantitative estimate of drug-likeness (QED) is 0.836. The van der Waals surface area contributed by atoms with Gasteiger partial charge in [0.2, 0.25) is 0 Å². The van der Waals surface area contributed by atoms with Gasteiger partial charge in [0.1, 0.15) is 5.69 Å². The van der Waals surface area contributed by atoms with Crippen LogP contribution in [0.4, 0.5) is 5.69 Å². The number of nitrogens with two attached hydrogens (primary N) is 1. The Hall–Kier alpha value is -1.88. The van der Waals surface area contributed by atoms with Gasteiger partial charge < -0.3 is 10.8 Å². The highest BCUT2D eigenvalue weighted by Crippen LogP contribution is 2.30. The first kappa shape index (κ1) is 10.6. The Bertz CT molecular complexity index is 531. The standard InChI is InChI=1S/C11H10N2O2S/c1-6-2-4-7(5-3-6)9-8(12)10(11(14)15)16-13-9/h2-5H,12H2,1H3,(H,14,15). The van der Waals surface area contributed by atoms with Crippen LogP contribution in [0.25, 0.3) is 11.3 Å². The van der Waals surface area contributed by atoms with Crippen LogP contribution in [0.1, 0.15) is 15.2 Å². The van der Waals surface area contributed by atoms with Crippen LogP contribution in [0.15, 0.2) is 24.3 Å². The second-order valence-electron chi connectivity index (χ2n) is 3.45. The summed E-state index contributed by atoms with van der Waals surface area (Å²) in [6.07, 6.45) is 0. The highest BCUT2D eigenvalue weighted by Gasteiger charge is 2.17. The van der Waals surface area contributed by atoms with Crippen LogP contribution in [0.3, 0.4) is 0 Å². The van der Waals surface area contributed by atoms with Crippen molar-refractivity contribution in [2.24, 2.45) is 0 Å². The monoisotopic (exact) mass is 234 g/mol. The number of aromatic carboxylic acids is 1. The Kier molecular flexibility index (Phi) is 2.62. The molecule has 16 heavy (non-hydrogen) atoms. The van der Waals surface area contributed by atoms with Crippen LogP contribution < -0.4 is 5.73 Å². The molecular weight excluding hydrogens is 224 g/mol. The van der Waals surface area contributed by atoms with E-state index < -0.39 is 5.97 Å². The molecule has 0 unspecified atom stereocenters. The van der Waals surface area contributed by atoms with Gasteiger partial charge in [-0.25, -0.2) is 4.79 Å². The van der Waals surface area contributed by atoms with E-state index in [-0.39, 0.29) is 10.6 Å². The first-order valence-electron chi connectivity index (χ1n) is 4.65. The summed E-state index contributed by atoms with van der Waals surface area (Å²) < 4.78 is 4.07. The van der Waals surface area contributed by atoms with Gasteiger partial charge in [0.25, 0.3) is 0 Å². The molecule has 3 N–H and O–H groups in total. The fourth-order valence-electron chi connectivity index (χ4n) is 1.37. The highest BCUT2D eigenvalue weighted by molar-refractivity contribution is 7.09. The molecule has 82 valence electrons. The van der Waals surface area contributed by atoms with Crippen molar-refractivity contribution >= 4 is 23.2 Å². The van der Waals surface area contributed by atoms with E-state index in [1.807, 2.05) is 31.2 Å². The molecule has 1 aromatic heterocycles. The molecule has 0 spiro atoms. The van der Waals surface area contributed by atoms with Crippen molar-refractivity contribution < 1.29 is 9.90 Å². The predicted molar refractivity (Wildman–Crippen MR) is 63.7 cm³/mol. The molecular formula is C11H10N2O2S. The van der Waals surface area contributed by atoms with Gasteiger partial charge in [0.05, 0.1) is 5.69 Å². The van der Waals surface area contributed by atoms with E-state index in [4.69, 9.17) is 10.8 Å². The molecule has 0 aliphatic rings. The molecule has 0 saturated carbocycles. The molecule has 0 amide bonds. The zero-order chi connectivity index (χ0) is 11.7. The van der Waals surface area contributed by atoms with Gasteiger partial charge in [-0.2, -0.15) is 4.37 Å². The molecule has 2 rings (SSSR count). The Morgan fingerprint density at radius 2 is 2.00 bits per heavy atom. The summed E-state index contributed by atoms with van der Waals surface area (Å²) in [6.45, 7) is 1.98. The van der Waals surface area contributed by atoms with Crippen molar-refractivity contribution in [1.82, 2.24) is 4.37 Å². The number of nitrogen functional groups attached to an aromatic ring is 1. The average Bonchev–Trinajstić information content (AvgIpc) is 2.61. The number of hydrogen-bond donors (Lipinski definition) is 2. The molecule has 5 heteroatoms. The molecule has 0 saturated heterocycles. The third kappa shape index (κ3) is 1.77. The summed E-state index contributed by atoms with van der Waals surface area (Å²) in [5.74, 6) is -1.03. The average molecular weight is 234 g/mol. The van der Waals surface area contributed by atoms with Crippen LogP contribution in [0, 0.1) is 6.92 Å². The molecule has 0 fully saturated rings. The number of rotatable bonds is 2. The van der Waals surface area contributed by atoms with Gasteiger partial charge in [-0.1, -0.05) is 29.8 Å². The van der Waals surface area contributed by atoms with Gasteiger partial charge in [0.15, 0.2) is 4.88 Å². The van der Waals surface area contributed by atoms with Gasteiger partial charge in [-0.3, -0.25) is 0 Å². The van der Waals surface area contributed by atoms with Gasteiger partial charge >= 0.3 is 5.97 Å². The van der Waals surface area contributed by atoms with Gasteiger partial charge in [-0.15, -0.1) is 0 Å². The molecule has 0 aliphatic heterocycles. The first-order valence-corrected chi connectivity index (χ1v) is 5.42. The Balaban J connectivity index is 2.49. The Morgan fingerprint density at radius 3 is 2.50 bits per heavy atom. The molecule has 1 aromatic carbocycles. The number of nitrogens with zero attached hydrogens (tertiary/aromatic N) is 1. The number of hydrogen-bond acceptors (Lipinski definition) is 4. The second kappa shape index (κ2) is 3.94. The first-order chi connectivity index (χ1) is 7.59. The zero-order valence-corrected chi connectivity index (χ0v) is 9.41. The third-order valence-electron chi connectivity index (χ3n) is 2.25. The molecule has 0 bridgehead atoms. The molecule has 0 aliphatic carbocycles. The second-order valence-corrected chi connectivity index (χ2v) is 4.22. The number of carboxylic acids is 1. The predicted octanol–water partition coefficient (Wildman–Crippen LogP) is 2.40. The van der Waals surface area contributed by atoms with Crippen molar-refractivity contribution in [3.8, 4) is 11.3 Å². The Morgan fingerprint density at radius 1 is 1.38 bits per heavy atom. The number of carbonyl (C=O) groups is 1. The van der Waals surface area contributed by atoms with E-state index in [1.165, 1.54) is 0 Å². The summed E-state index contributed by atoms with van der Waals surface area (Å²) in [4.78, 5) is 10.9. The fraction of sp³-hybridized carbons (Fsp3) is 0.0909. The smallest absolute Gasteiger partial charge is 0.349 e. The fourth-order valence-corrected chi connectivity index (χ4v) is 2.03. The van der Waals surface area contributed by atoms with E-state index in [9.17, 15) is 4.79 Å². The van der Waals surface area contributed by atoms with E-state index >= 15 is 0 Å². The number of anilines is 1. The number of benzene rings is 1. The van der Waals surface area contributed by atoms with Crippen molar-refractivity contribution in [3.05, 3.63) is 34.7 Å². The van der Waals surface area contributed by atoms with Crippen molar-refractivity contribution in [3.63, 3.8) is 0 Å². The van der Waals surface area contributed by atoms with Crippen LogP contribution in [-0.2, 0) is 0 Å². The summed E-state index contributed by atoms with van der Waals surface area (Å²) in [6, 6.07) is 7.64.